The number of carbonyl (C=O) groups excluding carboxylic acids is 4. The largest absolute Gasteiger partial charge is 0.348 e. The molecule has 8 heteroatoms. The SMILES string of the molecule is CCNC(=O)C(=O)Nc1ccccc1NC(=O)C(=O)NCC. The number of para-hydroxylation sites is 2. The highest BCUT2D eigenvalue weighted by Crippen LogP contribution is 2.20. The molecule has 0 atom stereocenters. The lowest BCUT2D eigenvalue weighted by molar-refractivity contribution is -0.136. The van der Waals surface area contributed by atoms with Crippen molar-refractivity contribution in [2.24, 2.45) is 0 Å². The molecule has 118 valence electrons. The van der Waals surface area contributed by atoms with E-state index in [0.717, 1.165) is 0 Å². The van der Waals surface area contributed by atoms with Crippen molar-refractivity contribution in [2.45, 2.75) is 13.8 Å². The Balaban J connectivity index is 2.82. The number of rotatable bonds is 4. The van der Waals surface area contributed by atoms with Crippen molar-refractivity contribution in [1.29, 1.82) is 0 Å². The molecule has 0 spiro atoms. The second-order valence-corrected chi connectivity index (χ2v) is 4.17. The third-order valence-electron chi connectivity index (χ3n) is 2.51. The van der Waals surface area contributed by atoms with Crippen LogP contribution in [0.1, 0.15) is 13.8 Å². The quantitative estimate of drug-likeness (QED) is 0.578. The molecule has 0 radical (unpaired) electrons. The predicted molar refractivity (Wildman–Crippen MR) is 81.1 cm³/mol. The van der Waals surface area contributed by atoms with E-state index in [2.05, 4.69) is 21.3 Å². The third-order valence-corrected chi connectivity index (χ3v) is 2.51. The molecular weight excluding hydrogens is 288 g/mol. The first kappa shape index (κ1) is 17.2. The minimum Gasteiger partial charge on any atom is -0.348 e. The van der Waals surface area contributed by atoms with Gasteiger partial charge in [0.2, 0.25) is 0 Å². The lowest BCUT2D eigenvalue weighted by Gasteiger charge is -2.11. The molecule has 1 aromatic rings. The van der Waals surface area contributed by atoms with Crippen molar-refractivity contribution in [1.82, 2.24) is 10.6 Å². The number of amides is 4. The van der Waals surface area contributed by atoms with Crippen molar-refractivity contribution >= 4 is 35.0 Å². The van der Waals surface area contributed by atoms with E-state index in [1.165, 1.54) is 12.1 Å². The van der Waals surface area contributed by atoms with Crippen LogP contribution in [-0.2, 0) is 19.2 Å². The summed E-state index contributed by atoms with van der Waals surface area (Å²) in [4.78, 5) is 46.1. The van der Waals surface area contributed by atoms with Gasteiger partial charge < -0.3 is 21.3 Å². The van der Waals surface area contributed by atoms with Crippen LogP contribution >= 0.6 is 0 Å². The normalized spacial score (nSPS) is 9.55. The summed E-state index contributed by atoms with van der Waals surface area (Å²) in [6, 6.07) is 6.25. The van der Waals surface area contributed by atoms with Gasteiger partial charge in [-0.1, -0.05) is 12.1 Å². The van der Waals surface area contributed by atoms with E-state index in [9.17, 15) is 19.2 Å². The second-order valence-electron chi connectivity index (χ2n) is 4.17. The maximum atomic E-state index is 11.7. The van der Waals surface area contributed by atoms with Gasteiger partial charge in [0.1, 0.15) is 0 Å². The maximum Gasteiger partial charge on any atom is 0.313 e. The van der Waals surface area contributed by atoms with Crippen LogP contribution in [0.5, 0.6) is 0 Å². The van der Waals surface area contributed by atoms with Gasteiger partial charge in [-0.3, -0.25) is 19.2 Å². The van der Waals surface area contributed by atoms with E-state index in [1.54, 1.807) is 26.0 Å². The molecule has 0 unspecified atom stereocenters. The van der Waals surface area contributed by atoms with Gasteiger partial charge in [-0.25, -0.2) is 0 Å². The molecule has 0 bridgehead atoms. The molecule has 0 saturated heterocycles. The van der Waals surface area contributed by atoms with E-state index >= 15 is 0 Å². The van der Waals surface area contributed by atoms with Crippen molar-refractivity contribution in [2.75, 3.05) is 23.7 Å². The minimum absolute atomic E-state index is 0.219. The van der Waals surface area contributed by atoms with Crippen LogP contribution in [0.25, 0.3) is 0 Å². The fraction of sp³-hybridized carbons (Fsp3) is 0.286. The zero-order valence-corrected chi connectivity index (χ0v) is 12.4. The Morgan fingerprint density at radius 2 is 1.09 bits per heavy atom. The van der Waals surface area contributed by atoms with Gasteiger partial charge in [-0.2, -0.15) is 0 Å². The predicted octanol–water partition coefficient (Wildman–Crippen LogP) is -0.164. The van der Waals surface area contributed by atoms with Gasteiger partial charge >= 0.3 is 23.6 Å². The Labute approximate surface area is 127 Å². The Bertz CT molecular complexity index is 535. The van der Waals surface area contributed by atoms with Crippen LogP contribution in [0.2, 0.25) is 0 Å². The summed E-state index contributed by atoms with van der Waals surface area (Å²) in [5.74, 6) is -3.29. The molecule has 4 N–H and O–H groups in total. The molecule has 0 aliphatic carbocycles. The van der Waals surface area contributed by atoms with Gasteiger partial charge in [-0.05, 0) is 26.0 Å². The van der Waals surface area contributed by atoms with Gasteiger partial charge in [0.25, 0.3) is 0 Å². The van der Waals surface area contributed by atoms with Crippen LogP contribution < -0.4 is 21.3 Å². The molecule has 0 aliphatic heterocycles. The summed E-state index contributed by atoms with van der Waals surface area (Å²) in [7, 11) is 0. The van der Waals surface area contributed by atoms with Crippen LogP contribution in [0.15, 0.2) is 24.3 Å². The molecule has 0 aromatic heterocycles. The van der Waals surface area contributed by atoms with Gasteiger partial charge in [0, 0.05) is 13.1 Å². The van der Waals surface area contributed by atoms with Gasteiger partial charge in [0.05, 0.1) is 11.4 Å². The van der Waals surface area contributed by atoms with Crippen molar-refractivity contribution < 1.29 is 19.2 Å². The van der Waals surface area contributed by atoms with E-state index in [0.29, 0.717) is 13.1 Å². The summed E-state index contributed by atoms with van der Waals surface area (Å²) in [5, 5.41) is 9.46. The van der Waals surface area contributed by atoms with Crippen LogP contribution in [0, 0.1) is 0 Å². The smallest absolute Gasteiger partial charge is 0.313 e. The summed E-state index contributed by atoms with van der Waals surface area (Å²) in [6.45, 7) is 4.01. The number of nitrogens with one attached hydrogen (secondary N) is 4. The molecule has 22 heavy (non-hydrogen) atoms. The minimum atomic E-state index is -0.860. The number of benzene rings is 1. The van der Waals surface area contributed by atoms with E-state index < -0.39 is 23.6 Å². The first-order chi connectivity index (χ1) is 10.5. The van der Waals surface area contributed by atoms with Crippen molar-refractivity contribution in [3.8, 4) is 0 Å². The summed E-state index contributed by atoms with van der Waals surface area (Å²) < 4.78 is 0. The molecule has 4 amide bonds. The fourth-order valence-electron chi connectivity index (χ4n) is 1.54. The molecule has 0 saturated carbocycles. The number of hydrogen-bond donors (Lipinski definition) is 4. The van der Waals surface area contributed by atoms with E-state index in [-0.39, 0.29) is 11.4 Å². The first-order valence-electron chi connectivity index (χ1n) is 6.77. The molecule has 0 aliphatic rings. The topological polar surface area (TPSA) is 116 Å². The molecule has 1 rings (SSSR count). The maximum absolute atomic E-state index is 11.7. The monoisotopic (exact) mass is 306 g/mol. The van der Waals surface area contributed by atoms with E-state index in [1.807, 2.05) is 0 Å². The summed E-state index contributed by atoms with van der Waals surface area (Å²) in [5.41, 5.74) is 0.438. The molecule has 0 heterocycles. The average molecular weight is 306 g/mol. The number of carbonyl (C=O) groups is 4. The zero-order chi connectivity index (χ0) is 16.5. The Morgan fingerprint density at radius 1 is 0.727 bits per heavy atom. The van der Waals surface area contributed by atoms with Crippen molar-refractivity contribution in [3.05, 3.63) is 24.3 Å². The van der Waals surface area contributed by atoms with Crippen LogP contribution in [-0.4, -0.2) is 36.7 Å². The van der Waals surface area contributed by atoms with Gasteiger partial charge in [0.15, 0.2) is 0 Å². The Hall–Kier alpha value is -2.90. The highest BCUT2D eigenvalue weighted by Gasteiger charge is 2.17. The number of anilines is 2. The number of likely N-dealkylation sites (N-methyl/N-ethyl adjacent to an activating group) is 2. The second kappa shape index (κ2) is 8.40. The third kappa shape index (κ3) is 4.89. The molecular formula is C14H18N4O4. The molecule has 8 nitrogen and oxygen atoms in total. The Kier molecular flexibility index (Phi) is 6.55. The number of hydrogen-bond acceptors (Lipinski definition) is 4. The first-order valence-corrected chi connectivity index (χ1v) is 6.77. The molecule has 0 fully saturated rings. The average Bonchev–Trinajstić information content (AvgIpc) is 2.49. The lowest BCUT2D eigenvalue weighted by Crippen LogP contribution is -2.36. The Morgan fingerprint density at radius 3 is 1.41 bits per heavy atom. The lowest BCUT2D eigenvalue weighted by atomic mass is 10.2. The highest BCUT2D eigenvalue weighted by atomic mass is 16.2. The van der Waals surface area contributed by atoms with Crippen molar-refractivity contribution in [3.63, 3.8) is 0 Å². The molecule has 1 aromatic carbocycles. The standard InChI is InChI=1S/C14H18N4O4/c1-3-15-11(19)13(21)17-9-7-5-6-8-10(9)18-14(22)12(20)16-4-2/h5-8H,3-4H2,1-2H3,(H,15,19)(H,16,20)(H,17,21)(H,18,22). The fourth-order valence-corrected chi connectivity index (χ4v) is 1.54. The van der Waals surface area contributed by atoms with Crippen LogP contribution in [0.3, 0.4) is 0 Å². The van der Waals surface area contributed by atoms with Crippen LogP contribution in [0.4, 0.5) is 11.4 Å². The summed E-state index contributed by atoms with van der Waals surface area (Å²) >= 11 is 0. The van der Waals surface area contributed by atoms with E-state index in [4.69, 9.17) is 0 Å². The highest BCUT2D eigenvalue weighted by molar-refractivity contribution is 6.41. The van der Waals surface area contributed by atoms with Gasteiger partial charge in [-0.15, -0.1) is 0 Å². The zero-order valence-electron chi connectivity index (χ0n) is 12.4. The summed E-state index contributed by atoms with van der Waals surface area (Å²) in [6.07, 6.45) is 0.